The van der Waals surface area contributed by atoms with E-state index in [4.69, 9.17) is 4.74 Å². The minimum atomic E-state index is -0.338. The lowest BCUT2D eigenvalue weighted by atomic mass is 10.2. The molecule has 0 saturated heterocycles. The van der Waals surface area contributed by atoms with E-state index >= 15 is 0 Å². The lowest BCUT2D eigenvalue weighted by Gasteiger charge is -2.07. The largest absolute Gasteiger partial charge is 0.465 e. The molecule has 0 aliphatic heterocycles. The van der Waals surface area contributed by atoms with Gasteiger partial charge in [-0.3, -0.25) is 9.59 Å². The summed E-state index contributed by atoms with van der Waals surface area (Å²) >= 11 is 1.68. The van der Waals surface area contributed by atoms with Gasteiger partial charge < -0.3 is 10.1 Å². The molecule has 5 heteroatoms. The molecule has 0 spiro atoms. The number of hydrogen-bond acceptors (Lipinski definition) is 4. The van der Waals surface area contributed by atoms with Crippen molar-refractivity contribution >= 4 is 23.6 Å². The van der Waals surface area contributed by atoms with Gasteiger partial charge in [-0.2, -0.15) is 0 Å². The molecule has 1 amide bonds. The monoisotopic (exact) mass is 357 g/mol. The first-order valence-electron chi connectivity index (χ1n) is 8.26. The molecule has 25 heavy (non-hydrogen) atoms. The van der Waals surface area contributed by atoms with Crippen molar-refractivity contribution in [3.63, 3.8) is 0 Å². The Kier molecular flexibility index (Phi) is 8.05. The SMILES string of the molecule is CSc1ccc(CNC(=O)CCC(=O)OCCc2ccccc2)cc1. The lowest BCUT2D eigenvalue weighted by Crippen LogP contribution is -2.23. The van der Waals surface area contributed by atoms with Crippen LogP contribution in [0.25, 0.3) is 0 Å². The van der Waals surface area contributed by atoms with Crippen LogP contribution in [0.15, 0.2) is 59.5 Å². The van der Waals surface area contributed by atoms with Gasteiger partial charge in [0.1, 0.15) is 0 Å². The number of ether oxygens (including phenoxy) is 1. The van der Waals surface area contributed by atoms with Crippen LogP contribution in [0.5, 0.6) is 0 Å². The molecule has 0 atom stereocenters. The second kappa shape index (κ2) is 10.6. The van der Waals surface area contributed by atoms with Crippen LogP contribution in [0.4, 0.5) is 0 Å². The van der Waals surface area contributed by atoms with Crippen molar-refractivity contribution < 1.29 is 14.3 Å². The minimum Gasteiger partial charge on any atom is -0.465 e. The van der Waals surface area contributed by atoms with Gasteiger partial charge in [0.15, 0.2) is 0 Å². The fraction of sp³-hybridized carbons (Fsp3) is 0.300. The lowest BCUT2D eigenvalue weighted by molar-refractivity contribution is -0.144. The van der Waals surface area contributed by atoms with Crippen molar-refractivity contribution in [3.8, 4) is 0 Å². The molecule has 0 aliphatic rings. The Balaban J connectivity index is 1.59. The maximum absolute atomic E-state index is 11.8. The van der Waals surface area contributed by atoms with E-state index < -0.39 is 0 Å². The van der Waals surface area contributed by atoms with Crippen LogP contribution in [-0.2, 0) is 27.3 Å². The highest BCUT2D eigenvalue weighted by Crippen LogP contribution is 2.14. The van der Waals surface area contributed by atoms with Gasteiger partial charge in [-0.15, -0.1) is 11.8 Å². The minimum absolute atomic E-state index is 0.103. The van der Waals surface area contributed by atoms with Crippen molar-refractivity contribution in [3.05, 3.63) is 65.7 Å². The number of hydrogen-bond donors (Lipinski definition) is 1. The smallest absolute Gasteiger partial charge is 0.306 e. The van der Waals surface area contributed by atoms with Crippen LogP contribution in [0.2, 0.25) is 0 Å². The van der Waals surface area contributed by atoms with Crippen LogP contribution < -0.4 is 5.32 Å². The van der Waals surface area contributed by atoms with Crippen LogP contribution in [-0.4, -0.2) is 24.7 Å². The van der Waals surface area contributed by atoms with Crippen LogP contribution in [0, 0.1) is 0 Å². The second-order valence-electron chi connectivity index (χ2n) is 5.58. The van der Waals surface area contributed by atoms with Gasteiger partial charge in [-0.1, -0.05) is 42.5 Å². The Bertz CT molecular complexity index is 671. The van der Waals surface area contributed by atoms with Gasteiger partial charge in [0.25, 0.3) is 0 Å². The zero-order chi connectivity index (χ0) is 17.9. The molecular formula is C20H23NO3S. The summed E-state index contributed by atoms with van der Waals surface area (Å²) in [6, 6.07) is 17.9. The fourth-order valence-electron chi connectivity index (χ4n) is 2.25. The molecule has 2 aromatic carbocycles. The van der Waals surface area contributed by atoms with Crippen molar-refractivity contribution in [2.24, 2.45) is 0 Å². The molecule has 0 aliphatic carbocycles. The number of rotatable bonds is 9. The number of carbonyl (C=O) groups is 2. The van der Waals surface area contributed by atoms with Gasteiger partial charge in [0.2, 0.25) is 5.91 Å². The molecule has 2 aromatic rings. The summed E-state index contributed by atoms with van der Waals surface area (Å²) in [5, 5.41) is 2.82. The Morgan fingerprint density at radius 2 is 1.68 bits per heavy atom. The predicted molar refractivity (Wildman–Crippen MR) is 100 cm³/mol. The van der Waals surface area contributed by atoms with E-state index in [1.807, 2.05) is 60.9 Å². The maximum atomic E-state index is 11.8. The number of nitrogens with one attached hydrogen (secondary N) is 1. The molecule has 0 radical (unpaired) electrons. The molecule has 132 valence electrons. The highest BCUT2D eigenvalue weighted by Gasteiger charge is 2.08. The predicted octanol–water partition coefficient (Wildman–Crippen LogP) is 3.59. The molecule has 2 rings (SSSR count). The van der Waals surface area contributed by atoms with Crippen molar-refractivity contribution in [2.45, 2.75) is 30.7 Å². The number of amides is 1. The third-order valence-corrected chi connectivity index (χ3v) is 4.45. The van der Waals surface area contributed by atoms with E-state index in [0.717, 1.165) is 11.1 Å². The Labute approximate surface area is 153 Å². The zero-order valence-corrected chi connectivity index (χ0v) is 15.2. The van der Waals surface area contributed by atoms with Gasteiger partial charge in [-0.05, 0) is 29.5 Å². The molecule has 0 fully saturated rings. The van der Waals surface area contributed by atoms with Gasteiger partial charge in [0.05, 0.1) is 13.0 Å². The fourth-order valence-corrected chi connectivity index (χ4v) is 2.66. The molecule has 0 bridgehead atoms. The summed E-state index contributed by atoms with van der Waals surface area (Å²) < 4.78 is 5.16. The number of esters is 1. The third kappa shape index (κ3) is 7.44. The highest BCUT2D eigenvalue weighted by molar-refractivity contribution is 7.98. The second-order valence-corrected chi connectivity index (χ2v) is 6.46. The van der Waals surface area contributed by atoms with Crippen molar-refractivity contribution in [2.75, 3.05) is 12.9 Å². The van der Waals surface area contributed by atoms with Crippen molar-refractivity contribution in [1.29, 1.82) is 0 Å². The summed E-state index contributed by atoms with van der Waals surface area (Å²) in [6.07, 6.45) is 2.96. The molecule has 0 saturated carbocycles. The van der Waals surface area contributed by atoms with E-state index in [1.54, 1.807) is 11.8 Å². The van der Waals surface area contributed by atoms with E-state index in [2.05, 4.69) is 5.32 Å². The van der Waals surface area contributed by atoms with E-state index in [0.29, 0.717) is 19.6 Å². The Morgan fingerprint density at radius 1 is 0.960 bits per heavy atom. The molecule has 4 nitrogen and oxygen atoms in total. The standard InChI is InChI=1S/C20H23NO3S/c1-25-18-9-7-17(8-10-18)15-21-19(22)11-12-20(23)24-14-13-16-5-3-2-4-6-16/h2-10H,11-15H2,1H3,(H,21,22). The first kappa shape index (κ1) is 19.1. The molecular weight excluding hydrogens is 334 g/mol. The zero-order valence-electron chi connectivity index (χ0n) is 14.4. The van der Waals surface area contributed by atoms with Gasteiger partial charge in [0, 0.05) is 24.3 Å². The summed E-state index contributed by atoms with van der Waals surface area (Å²) in [6.45, 7) is 0.808. The number of benzene rings is 2. The van der Waals surface area contributed by atoms with Crippen LogP contribution >= 0.6 is 11.8 Å². The van der Waals surface area contributed by atoms with E-state index in [1.165, 1.54) is 4.90 Å². The maximum Gasteiger partial charge on any atom is 0.306 e. The number of carbonyl (C=O) groups excluding carboxylic acids is 2. The summed E-state index contributed by atoms with van der Waals surface area (Å²) in [7, 11) is 0. The molecule has 1 N–H and O–H groups in total. The highest BCUT2D eigenvalue weighted by atomic mass is 32.2. The molecule has 0 unspecified atom stereocenters. The van der Waals surface area contributed by atoms with Gasteiger partial charge in [-0.25, -0.2) is 0 Å². The Morgan fingerprint density at radius 3 is 2.36 bits per heavy atom. The van der Waals surface area contributed by atoms with E-state index in [9.17, 15) is 9.59 Å². The quantitative estimate of drug-likeness (QED) is 0.550. The summed E-state index contributed by atoms with van der Waals surface area (Å²) in [5.41, 5.74) is 2.16. The topological polar surface area (TPSA) is 55.4 Å². The molecule has 0 heterocycles. The first-order chi connectivity index (χ1) is 12.2. The summed E-state index contributed by atoms with van der Waals surface area (Å²) in [5.74, 6) is -0.482. The van der Waals surface area contributed by atoms with Crippen LogP contribution in [0.1, 0.15) is 24.0 Å². The Hall–Kier alpha value is -2.27. The third-order valence-electron chi connectivity index (χ3n) is 3.70. The van der Waals surface area contributed by atoms with Crippen LogP contribution in [0.3, 0.4) is 0 Å². The average Bonchev–Trinajstić information content (AvgIpc) is 2.66. The first-order valence-corrected chi connectivity index (χ1v) is 9.49. The molecule has 0 aromatic heterocycles. The van der Waals surface area contributed by atoms with Crippen molar-refractivity contribution in [1.82, 2.24) is 5.32 Å². The van der Waals surface area contributed by atoms with E-state index in [-0.39, 0.29) is 24.7 Å². The summed E-state index contributed by atoms with van der Waals surface area (Å²) in [4.78, 5) is 24.7. The number of thioether (sulfide) groups is 1. The normalized spacial score (nSPS) is 10.3. The van der Waals surface area contributed by atoms with Gasteiger partial charge >= 0.3 is 5.97 Å². The average molecular weight is 357 g/mol.